The van der Waals surface area contributed by atoms with Gasteiger partial charge in [0, 0.05) is 11.8 Å². The Bertz CT molecular complexity index is 474. The molecule has 0 saturated carbocycles. The third-order valence-corrected chi connectivity index (χ3v) is 1.96. The first-order valence-corrected chi connectivity index (χ1v) is 4.26. The molecule has 1 rings (SSSR count). The van der Waals surface area contributed by atoms with Crippen molar-refractivity contribution in [2.75, 3.05) is 7.11 Å². The molecule has 0 fully saturated rings. The lowest BCUT2D eigenvalue weighted by molar-refractivity contribution is 0.149. The summed E-state index contributed by atoms with van der Waals surface area (Å²) in [5.41, 5.74) is -0.740. The second kappa shape index (κ2) is 5.04. The smallest absolute Gasteiger partial charge is 0.265 e. The van der Waals surface area contributed by atoms with Crippen LogP contribution in [-0.2, 0) is 6.42 Å². The molecule has 0 atom stereocenters. The number of alkyl halides is 2. The van der Waals surface area contributed by atoms with Crippen molar-refractivity contribution < 1.29 is 13.5 Å². The van der Waals surface area contributed by atoms with Crippen LogP contribution in [0.2, 0.25) is 0 Å². The number of methoxy groups -OCH3 is 1. The zero-order chi connectivity index (χ0) is 12.1. The molecular formula is C10H7F2N3O. The third kappa shape index (κ3) is 2.06. The standard InChI is InChI=1S/C10H7F2N3O/c1-16-10-7(4-14)8(9(11)12)6(2-3-13)5-15-10/h5,9H,2H2,1H3. The zero-order valence-corrected chi connectivity index (χ0v) is 8.37. The van der Waals surface area contributed by atoms with Crippen molar-refractivity contribution >= 4 is 0 Å². The molecule has 1 aromatic heterocycles. The second-order valence-electron chi connectivity index (χ2n) is 2.83. The van der Waals surface area contributed by atoms with E-state index in [0.29, 0.717) is 0 Å². The van der Waals surface area contributed by atoms with Crippen LogP contribution in [0.25, 0.3) is 0 Å². The summed E-state index contributed by atoms with van der Waals surface area (Å²) < 4.78 is 30.3. The van der Waals surface area contributed by atoms with E-state index in [0.717, 1.165) is 6.20 Å². The Kier molecular flexibility index (Phi) is 3.73. The normalized spacial score (nSPS) is 9.62. The number of halogens is 2. The predicted molar refractivity (Wildman–Crippen MR) is 49.8 cm³/mol. The Balaban J connectivity index is 3.47. The van der Waals surface area contributed by atoms with Gasteiger partial charge in [0.25, 0.3) is 6.43 Å². The van der Waals surface area contributed by atoms with Crippen molar-refractivity contribution in [2.45, 2.75) is 12.8 Å². The lowest BCUT2D eigenvalue weighted by atomic mass is 10.0. The van der Waals surface area contributed by atoms with Crippen molar-refractivity contribution in [3.63, 3.8) is 0 Å². The molecule has 16 heavy (non-hydrogen) atoms. The Morgan fingerprint density at radius 1 is 1.50 bits per heavy atom. The maximum Gasteiger partial charge on any atom is 0.265 e. The fraction of sp³-hybridized carbons (Fsp3) is 0.300. The summed E-state index contributed by atoms with van der Waals surface area (Å²) in [5, 5.41) is 17.3. The number of rotatable bonds is 3. The van der Waals surface area contributed by atoms with E-state index in [-0.39, 0.29) is 23.4 Å². The van der Waals surface area contributed by atoms with Crippen molar-refractivity contribution in [3.8, 4) is 18.0 Å². The van der Waals surface area contributed by atoms with E-state index in [9.17, 15) is 8.78 Å². The Labute approximate surface area is 90.7 Å². The zero-order valence-electron chi connectivity index (χ0n) is 8.37. The predicted octanol–water partition coefficient (Wildman–Crippen LogP) is 1.97. The van der Waals surface area contributed by atoms with Gasteiger partial charge in [-0.1, -0.05) is 0 Å². The number of nitriles is 2. The van der Waals surface area contributed by atoms with Gasteiger partial charge in [-0.05, 0) is 5.56 Å². The molecule has 0 aliphatic heterocycles. The van der Waals surface area contributed by atoms with E-state index < -0.39 is 12.0 Å². The molecule has 0 saturated heterocycles. The minimum absolute atomic E-state index is 0.0508. The van der Waals surface area contributed by atoms with E-state index in [2.05, 4.69) is 4.98 Å². The largest absolute Gasteiger partial charge is 0.480 e. The van der Waals surface area contributed by atoms with E-state index in [1.165, 1.54) is 7.11 Å². The van der Waals surface area contributed by atoms with Gasteiger partial charge in [0.1, 0.15) is 11.6 Å². The first-order valence-electron chi connectivity index (χ1n) is 4.26. The van der Waals surface area contributed by atoms with Gasteiger partial charge < -0.3 is 4.74 Å². The first-order chi connectivity index (χ1) is 7.65. The van der Waals surface area contributed by atoms with Gasteiger partial charge in [-0.15, -0.1) is 0 Å². The molecule has 0 aromatic carbocycles. The maximum atomic E-state index is 12.8. The lowest BCUT2D eigenvalue weighted by Gasteiger charge is -2.10. The number of hydrogen-bond acceptors (Lipinski definition) is 4. The average molecular weight is 223 g/mol. The van der Waals surface area contributed by atoms with Gasteiger partial charge in [-0.2, -0.15) is 10.5 Å². The molecule has 1 aromatic rings. The Morgan fingerprint density at radius 3 is 2.62 bits per heavy atom. The second-order valence-corrected chi connectivity index (χ2v) is 2.83. The van der Waals surface area contributed by atoms with Crippen molar-refractivity contribution in [1.29, 1.82) is 10.5 Å². The third-order valence-electron chi connectivity index (χ3n) is 1.96. The quantitative estimate of drug-likeness (QED) is 0.785. The molecule has 0 bridgehead atoms. The minimum Gasteiger partial charge on any atom is -0.480 e. The SMILES string of the molecule is COc1ncc(CC#N)c(C(F)F)c1C#N. The van der Waals surface area contributed by atoms with Gasteiger partial charge in [0.2, 0.25) is 5.88 Å². The summed E-state index contributed by atoms with van der Waals surface area (Å²) in [6.07, 6.45) is -1.93. The molecule has 0 spiro atoms. The van der Waals surface area contributed by atoms with Crippen LogP contribution < -0.4 is 4.74 Å². The first kappa shape index (κ1) is 11.9. The number of hydrogen-bond donors (Lipinski definition) is 0. The fourth-order valence-corrected chi connectivity index (χ4v) is 1.28. The van der Waals surface area contributed by atoms with Crippen LogP contribution in [-0.4, -0.2) is 12.1 Å². The Hall–Kier alpha value is -2.21. The van der Waals surface area contributed by atoms with Crippen LogP contribution in [0.4, 0.5) is 8.78 Å². The molecule has 0 radical (unpaired) electrons. The monoisotopic (exact) mass is 223 g/mol. The van der Waals surface area contributed by atoms with E-state index in [4.69, 9.17) is 15.3 Å². The summed E-state index contributed by atoms with van der Waals surface area (Å²) in [6, 6.07) is 3.36. The van der Waals surface area contributed by atoms with E-state index in [1.54, 1.807) is 12.1 Å². The molecular weight excluding hydrogens is 216 g/mol. The number of nitrogens with zero attached hydrogens (tertiary/aromatic N) is 3. The average Bonchev–Trinajstić information content (AvgIpc) is 2.28. The van der Waals surface area contributed by atoms with Gasteiger partial charge >= 0.3 is 0 Å². The van der Waals surface area contributed by atoms with Crippen LogP contribution in [0, 0.1) is 22.7 Å². The van der Waals surface area contributed by atoms with Gasteiger partial charge in [0.15, 0.2) is 0 Å². The lowest BCUT2D eigenvalue weighted by Crippen LogP contribution is -2.03. The highest BCUT2D eigenvalue weighted by atomic mass is 19.3. The van der Waals surface area contributed by atoms with E-state index >= 15 is 0 Å². The van der Waals surface area contributed by atoms with Gasteiger partial charge in [-0.3, -0.25) is 0 Å². The van der Waals surface area contributed by atoms with Crippen LogP contribution >= 0.6 is 0 Å². The van der Waals surface area contributed by atoms with Gasteiger partial charge in [0.05, 0.1) is 19.6 Å². The molecule has 0 unspecified atom stereocenters. The van der Waals surface area contributed by atoms with Gasteiger partial charge in [-0.25, -0.2) is 13.8 Å². The summed E-state index contributed by atoms with van der Waals surface area (Å²) in [4.78, 5) is 3.70. The molecule has 0 amide bonds. The summed E-state index contributed by atoms with van der Waals surface area (Å²) in [7, 11) is 1.24. The highest BCUT2D eigenvalue weighted by Crippen LogP contribution is 2.30. The summed E-state index contributed by atoms with van der Waals surface area (Å²) >= 11 is 0. The van der Waals surface area contributed by atoms with Crippen molar-refractivity contribution in [1.82, 2.24) is 4.98 Å². The highest BCUT2D eigenvalue weighted by Gasteiger charge is 2.22. The molecule has 4 nitrogen and oxygen atoms in total. The molecule has 6 heteroatoms. The molecule has 0 aliphatic carbocycles. The molecule has 82 valence electrons. The van der Waals surface area contributed by atoms with Crippen LogP contribution in [0.3, 0.4) is 0 Å². The minimum atomic E-state index is -2.84. The molecule has 1 heterocycles. The maximum absolute atomic E-state index is 12.8. The van der Waals surface area contributed by atoms with Crippen LogP contribution in [0.1, 0.15) is 23.1 Å². The number of pyridine rings is 1. The topological polar surface area (TPSA) is 69.7 Å². The van der Waals surface area contributed by atoms with E-state index in [1.807, 2.05) is 0 Å². The molecule has 0 N–H and O–H groups in total. The summed E-state index contributed by atoms with van der Waals surface area (Å²) in [5.74, 6) is -0.153. The summed E-state index contributed by atoms with van der Waals surface area (Å²) in [6.45, 7) is 0. The fourth-order valence-electron chi connectivity index (χ4n) is 1.28. The molecule has 0 aliphatic rings. The number of aromatic nitrogens is 1. The van der Waals surface area contributed by atoms with Crippen LogP contribution in [0.15, 0.2) is 6.20 Å². The Morgan fingerprint density at radius 2 is 2.19 bits per heavy atom. The van der Waals surface area contributed by atoms with Crippen LogP contribution in [0.5, 0.6) is 5.88 Å². The highest BCUT2D eigenvalue weighted by molar-refractivity contribution is 5.49. The van der Waals surface area contributed by atoms with Crippen molar-refractivity contribution in [3.05, 3.63) is 22.9 Å². The van der Waals surface area contributed by atoms with Crippen molar-refractivity contribution in [2.24, 2.45) is 0 Å². The number of ether oxygens (including phenoxy) is 1.